The zero-order valence-electron chi connectivity index (χ0n) is 12.4. The van der Waals surface area contributed by atoms with Crippen LogP contribution >= 0.6 is 11.6 Å². The maximum Gasteiger partial charge on any atom is 0.244 e. The molecule has 0 radical (unpaired) electrons. The Morgan fingerprint density at radius 3 is 2.81 bits per heavy atom. The van der Waals surface area contributed by atoms with Crippen molar-refractivity contribution in [3.63, 3.8) is 0 Å². The summed E-state index contributed by atoms with van der Waals surface area (Å²) in [6.07, 6.45) is 2.40. The van der Waals surface area contributed by atoms with Gasteiger partial charge in [-0.3, -0.25) is 4.79 Å². The van der Waals surface area contributed by atoms with Crippen LogP contribution in [0.5, 0.6) is 11.5 Å². The second-order valence-electron chi connectivity index (χ2n) is 4.39. The molecule has 1 unspecified atom stereocenters. The number of carbonyl (C=O) groups excluding carboxylic acids is 1. The molecule has 21 heavy (non-hydrogen) atoms. The third-order valence-corrected chi connectivity index (χ3v) is 2.82. The largest absolute Gasteiger partial charge is 0.493 e. The molecular weight excluding hydrogens is 294 g/mol. The SMILES string of the molecule is CCOc1c(Cl)cc(C=CC(=O)NCC(C)O)cc1OC. The van der Waals surface area contributed by atoms with E-state index in [4.69, 9.17) is 26.2 Å². The van der Waals surface area contributed by atoms with Gasteiger partial charge < -0.3 is 19.9 Å². The van der Waals surface area contributed by atoms with Gasteiger partial charge in [-0.1, -0.05) is 11.6 Å². The van der Waals surface area contributed by atoms with E-state index in [1.54, 1.807) is 25.1 Å². The van der Waals surface area contributed by atoms with E-state index in [9.17, 15) is 4.79 Å². The lowest BCUT2D eigenvalue weighted by Gasteiger charge is -2.11. The topological polar surface area (TPSA) is 67.8 Å². The van der Waals surface area contributed by atoms with Gasteiger partial charge >= 0.3 is 0 Å². The molecule has 5 nitrogen and oxygen atoms in total. The van der Waals surface area contributed by atoms with Gasteiger partial charge in [0, 0.05) is 12.6 Å². The normalized spacial score (nSPS) is 12.2. The number of nitrogens with one attached hydrogen (secondary N) is 1. The Kier molecular flexibility index (Phi) is 7.05. The number of aliphatic hydroxyl groups excluding tert-OH is 1. The highest BCUT2D eigenvalue weighted by atomic mass is 35.5. The second-order valence-corrected chi connectivity index (χ2v) is 4.80. The van der Waals surface area contributed by atoms with Gasteiger partial charge in [0.1, 0.15) is 0 Å². The minimum absolute atomic E-state index is 0.205. The molecule has 116 valence electrons. The number of ether oxygens (including phenoxy) is 2. The van der Waals surface area contributed by atoms with Crippen LogP contribution in [0.25, 0.3) is 6.08 Å². The number of carbonyl (C=O) groups is 1. The van der Waals surface area contributed by atoms with Crippen LogP contribution in [-0.4, -0.2) is 37.4 Å². The number of hydrogen-bond donors (Lipinski definition) is 2. The summed E-state index contributed by atoms with van der Waals surface area (Å²) in [5, 5.41) is 12.1. The van der Waals surface area contributed by atoms with Crippen molar-refractivity contribution in [2.75, 3.05) is 20.3 Å². The van der Waals surface area contributed by atoms with E-state index in [1.165, 1.54) is 13.2 Å². The van der Waals surface area contributed by atoms with Crippen LogP contribution in [0, 0.1) is 0 Å². The Bertz CT molecular complexity index is 515. The standard InChI is InChI=1S/C15H20ClNO4/c1-4-21-15-12(16)7-11(8-13(15)20-3)5-6-14(19)17-9-10(2)18/h5-8,10,18H,4,9H2,1-3H3,(H,17,19). The summed E-state index contributed by atoms with van der Waals surface area (Å²) < 4.78 is 10.6. The minimum atomic E-state index is -0.581. The van der Waals surface area contributed by atoms with Crippen LogP contribution in [0.15, 0.2) is 18.2 Å². The van der Waals surface area contributed by atoms with Gasteiger partial charge in [-0.2, -0.15) is 0 Å². The Morgan fingerprint density at radius 1 is 1.52 bits per heavy atom. The van der Waals surface area contributed by atoms with Gasteiger partial charge in [-0.05, 0) is 37.6 Å². The van der Waals surface area contributed by atoms with Crippen LogP contribution in [0.1, 0.15) is 19.4 Å². The summed E-state index contributed by atoms with van der Waals surface area (Å²) >= 11 is 6.14. The lowest BCUT2D eigenvalue weighted by atomic mass is 10.2. The summed E-state index contributed by atoms with van der Waals surface area (Å²) in [5.41, 5.74) is 0.715. The Hall–Kier alpha value is -1.72. The molecule has 1 aromatic carbocycles. The van der Waals surface area contributed by atoms with Gasteiger partial charge in [-0.15, -0.1) is 0 Å². The van der Waals surface area contributed by atoms with Gasteiger partial charge in [0.25, 0.3) is 0 Å². The van der Waals surface area contributed by atoms with E-state index in [2.05, 4.69) is 5.32 Å². The van der Waals surface area contributed by atoms with Crippen LogP contribution in [0.2, 0.25) is 5.02 Å². The van der Waals surface area contributed by atoms with E-state index < -0.39 is 6.10 Å². The highest BCUT2D eigenvalue weighted by Crippen LogP contribution is 2.36. The van der Waals surface area contributed by atoms with Crippen LogP contribution in [0.3, 0.4) is 0 Å². The molecule has 6 heteroatoms. The number of amides is 1. The van der Waals surface area contributed by atoms with Crippen molar-refractivity contribution in [3.8, 4) is 11.5 Å². The number of benzene rings is 1. The molecule has 1 amide bonds. The molecule has 1 atom stereocenters. The van der Waals surface area contributed by atoms with Crippen molar-refractivity contribution in [1.29, 1.82) is 0 Å². The molecule has 0 spiro atoms. The fourth-order valence-corrected chi connectivity index (χ4v) is 1.87. The smallest absolute Gasteiger partial charge is 0.244 e. The molecule has 0 saturated heterocycles. The molecule has 0 fully saturated rings. The fourth-order valence-electron chi connectivity index (χ4n) is 1.60. The molecule has 0 aliphatic carbocycles. The van der Waals surface area contributed by atoms with E-state index in [-0.39, 0.29) is 12.5 Å². The van der Waals surface area contributed by atoms with E-state index in [0.29, 0.717) is 28.7 Å². The Balaban J connectivity index is 2.84. The molecule has 2 N–H and O–H groups in total. The second kappa shape index (κ2) is 8.54. The highest BCUT2D eigenvalue weighted by Gasteiger charge is 2.10. The molecule has 0 saturated carbocycles. The first-order valence-electron chi connectivity index (χ1n) is 6.62. The van der Waals surface area contributed by atoms with E-state index in [1.807, 2.05) is 6.92 Å². The monoisotopic (exact) mass is 313 g/mol. The molecule has 0 aliphatic rings. The first kappa shape index (κ1) is 17.3. The molecule has 0 bridgehead atoms. The van der Waals surface area contributed by atoms with Crippen molar-refractivity contribution in [1.82, 2.24) is 5.32 Å². The predicted octanol–water partition coefficient (Wildman–Crippen LogP) is 2.26. The van der Waals surface area contributed by atoms with Crippen molar-refractivity contribution >= 4 is 23.6 Å². The first-order chi connectivity index (χ1) is 9.97. The highest BCUT2D eigenvalue weighted by molar-refractivity contribution is 6.32. The molecule has 0 heterocycles. The summed E-state index contributed by atoms with van der Waals surface area (Å²) in [6.45, 7) is 4.14. The zero-order valence-corrected chi connectivity index (χ0v) is 13.1. The number of halogens is 1. The van der Waals surface area contributed by atoms with Crippen LogP contribution < -0.4 is 14.8 Å². The number of rotatable bonds is 7. The third-order valence-electron chi connectivity index (χ3n) is 2.54. The Labute approximate surface area is 129 Å². The van der Waals surface area contributed by atoms with E-state index in [0.717, 1.165) is 0 Å². The number of hydrogen-bond acceptors (Lipinski definition) is 4. The maximum absolute atomic E-state index is 11.5. The molecule has 1 aromatic rings. The fraction of sp³-hybridized carbons (Fsp3) is 0.400. The average Bonchev–Trinajstić information content (AvgIpc) is 2.45. The van der Waals surface area contributed by atoms with Crippen molar-refractivity contribution < 1.29 is 19.4 Å². The maximum atomic E-state index is 11.5. The Morgan fingerprint density at radius 2 is 2.24 bits per heavy atom. The van der Waals surface area contributed by atoms with Crippen molar-refractivity contribution in [3.05, 3.63) is 28.8 Å². The van der Waals surface area contributed by atoms with Gasteiger partial charge in [0.05, 0.1) is 24.8 Å². The van der Waals surface area contributed by atoms with Gasteiger partial charge in [0.15, 0.2) is 11.5 Å². The zero-order chi connectivity index (χ0) is 15.8. The summed E-state index contributed by atoms with van der Waals surface area (Å²) in [5.74, 6) is 0.700. The minimum Gasteiger partial charge on any atom is -0.493 e. The average molecular weight is 314 g/mol. The summed E-state index contributed by atoms with van der Waals surface area (Å²) in [6, 6.07) is 3.42. The van der Waals surface area contributed by atoms with Crippen LogP contribution in [-0.2, 0) is 4.79 Å². The van der Waals surface area contributed by atoms with E-state index >= 15 is 0 Å². The summed E-state index contributed by atoms with van der Waals surface area (Å²) in [4.78, 5) is 11.5. The number of aliphatic hydroxyl groups is 1. The van der Waals surface area contributed by atoms with Gasteiger partial charge in [-0.25, -0.2) is 0 Å². The van der Waals surface area contributed by atoms with Crippen molar-refractivity contribution in [2.45, 2.75) is 20.0 Å². The number of methoxy groups -OCH3 is 1. The molecular formula is C15H20ClNO4. The lowest BCUT2D eigenvalue weighted by Crippen LogP contribution is -2.28. The molecule has 1 rings (SSSR count). The van der Waals surface area contributed by atoms with Gasteiger partial charge in [0.2, 0.25) is 5.91 Å². The first-order valence-corrected chi connectivity index (χ1v) is 7.00. The molecule has 0 aliphatic heterocycles. The molecule has 0 aromatic heterocycles. The summed E-state index contributed by atoms with van der Waals surface area (Å²) in [7, 11) is 1.52. The quantitative estimate of drug-likeness (QED) is 0.758. The third kappa shape index (κ3) is 5.65. The van der Waals surface area contributed by atoms with Crippen molar-refractivity contribution in [2.24, 2.45) is 0 Å². The predicted molar refractivity (Wildman–Crippen MR) is 82.9 cm³/mol. The lowest BCUT2D eigenvalue weighted by molar-refractivity contribution is -0.116. The van der Waals surface area contributed by atoms with Crippen LogP contribution in [0.4, 0.5) is 0 Å².